The molecule has 0 aliphatic rings. The molecule has 0 aromatic rings. The van der Waals surface area contributed by atoms with Crippen molar-refractivity contribution in [1.82, 2.24) is 5.32 Å². The molecule has 0 rings (SSSR count). The third kappa shape index (κ3) is 5.30. The summed E-state index contributed by atoms with van der Waals surface area (Å²) < 4.78 is 0. The molecule has 0 aromatic carbocycles. The van der Waals surface area contributed by atoms with E-state index in [2.05, 4.69) is 5.32 Å². The fourth-order valence-corrected chi connectivity index (χ4v) is 1.09. The van der Waals surface area contributed by atoms with Gasteiger partial charge in [-0.25, -0.2) is 4.79 Å². The number of amides is 1. The molecule has 92 valence electrons. The molecule has 0 aliphatic carbocycles. The molecule has 0 saturated heterocycles. The van der Waals surface area contributed by atoms with E-state index in [9.17, 15) is 19.5 Å². The zero-order valence-corrected chi connectivity index (χ0v) is 8.84. The van der Waals surface area contributed by atoms with Crippen molar-refractivity contribution in [2.24, 2.45) is 0 Å². The van der Waals surface area contributed by atoms with Crippen LogP contribution in [0.3, 0.4) is 0 Å². The van der Waals surface area contributed by atoms with Crippen LogP contribution >= 0.6 is 0 Å². The monoisotopic (exact) mass is 233 g/mol. The second-order valence-electron chi connectivity index (χ2n) is 3.30. The van der Waals surface area contributed by atoms with Crippen LogP contribution in [-0.2, 0) is 14.4 Å². The van der Waals surface area contributed by atoms with Crippen LogP contribution in [0.5, 0.6) is 0 Å². The number of aliphatic hydroxyl groups is 1. The number of hydrogen-bond donors (Lipinski definition) is 4. The van der Waals surface area contributed by atoms with Gasteiger partial charge < -0.3 is 20.6 Å². The van der Waals surface area contributed by atoms with E-state index in [4.69, 9.17) is 10.2 Å². The van der Waals surface area contributed by atoms with Gasteiger partial charge >= 0.3 is 11.9 Å². The van der Waals surface area contributed by atoms with Crippen LogP contribution in [-0.4, -0.2) is 45.3 Å². The minimum Gasteiger partial charge on any atom is -0.481 e. The maximum absolute atomic E-state index is 11.1. The lowest BCUT2D eigenvalue weighted by Gasteiger charge is -2.18. The summed E-state index contributed by atoms with van der Waals surface area (Å²) in [5, 5.41) is 28.5. The Morgan fingerprint density at radius 1 is 1.25 bits per heavy atom. The maximum atomic E-state index is 11.1. The molecule has 0 spiro atoms. The molecule has 7 heteroatoms. The first-order valence-corrected chi connectivity index (χ1v) is 4.80. The molecular weight excluding hydrogens is 218 g/mol. The summed E-state index contributed by atoms with van der Waals surface area (Å²) in [7, 11) is 0. The molecule has 0 radical (unpaired) electrons. The molecule has 0 saturated carbocycles. The van der Waals surface area contributed by atoms with E-state index in [1.54, 1.807) is 6.92 Å². The Balaban J connectivity index is 4.43. The molecule has 0 heterocycles. The predicted molar refractivity (Wildman–Crippen MR) is 52.7 cm³/mol. The van der Waals surface area contributed by atoms with Gasteiger partial charge in [0.1, 0.15) is 0 Å². The average molecular weight is 233 g/mol. The topological polar surface area (TPSA) is 124 Å². The third-order valence-corrected chi connectivity index (χ3v) is 1.83. The number of carboxylic acid groups (broad SMARTS) is 2. The van der Waals surface area contributed by atoms with Crippen molar-refractivity contribution < 1.29 is 29.7 Å². The highest BCUT2D eigenvalue weighted by atomic mass is 16.4. The Labute approximate surface area is 92.1 Å². The van der Waals surface area contributed by atoms with Crippen molar-refractivity contribution >= 4 is 17.8 Å². The Hall–Kier alpha value is -1.63. The van der Waals surface area contributed by atoms with Crippen molar-refractivity contribution in [3.05, 3.63) is 0 Å². The fraction of sp³-hybridized carbons (Fsp3) is 0.667. The van der Waals surface area contributed by atoms with Crippen LogP contribution in [0.25, 0.3) is 0 Å². The Bertz CT molecular complexity index is 277. The number of carbonyl (C=O) groups excluding carboxylic acids is 1. The molecule has 0 aromatic heterocycles. The number of carboxylic acids is 2. The van der Waals surface area contributed by atoms with Crippen LogP contribution in [0, 0.1) is 0 Å². The number of hydrogen-bond acceptors (Lipinski definition) is 4. The van der Waals surface area contributed by atoms with Gasteiger partial charge in [-0.3, -0.25) is 9.59 Å². The highest BCUT2D eigenvalue weighted by Gasteiger charge is 2.29. The zero-order chi connectivity index (χ0) is 12.7. The lowest BCUT2D eigenvalue weighted by atomic mass is 10.1. The van der Waals surface area contributed by atoms with Gasteiger partial charge in [0.25, 0.3) is 0 Å². The van der Waals surface area contributed by atoms with Crippen LogP contribution in [0.4, 0.5) is 0 Å². The van der Waals surface area contributed by atoms with Crippen LogP contribution < -0.4 is 5.32 Å². The third-order valence-electron chi connectivity index (χ3n) is 1.83. The van der Waals surface area contributed by atoms with E-state index in [0.717, 1.165) is 0 Å². The van der Waals surface area contributed by atoms with Gasteiger partial charge in [0.15, 0.2) is 6.04 Å². The lowest BCUT2D eigenvalue weighted by Crippen LogP contribution is -2.49. The summed E-state index contributed by atoms with van der Waals surface area (Å²) in [6.45, 7) is 1.74. The van der Waals surface area contributed by atoms with Gasteiger partial charge in [-0.2, -0.15) is 0 Å². The molecule has 0 fully saturated rings. The van der Waals surface area contributed by atoms with Gasteiger partial charge in [-0.1, -0.05) is 6.92 Å². The first-order chi connectivity index (χ1) is 7.38. The molecule has 7 nitrogen and oxygen atoms in total. The largest absolute Gasteiger partial charge is 0.481 e. The summed E-state index contributed by atoms with van der Waals surface area (Å²) in [6, 6.07) is -1.59. The van der Waals surface area contributed by atoms with Crippen molar-refractivity contribution in [3.8, 4) is 0 Å². The van der Waals surface area contributed by atoms with Crippen LogP contribution in [0.1, 0.15) is 26.2 Å². The summed E-state index contributed by atoms with van der Waals surface area (Å²) in [5.74, 6) is -3.32. The smallest absolute Gasteiger partial charge is 0.328 e. The first-order valence-electron chi connectivity index (χ1n) is 4.80. The maximum Gasteiger partial charge on any atom is 0.328 e. The van der Waals surface area contributed by atoms with E-state index < -0.39 is 36.4 Å². The molecule has 2 atom stereocenters. The van der Waals surface area contributed by atoms with E-state index in [-0.39, 0.29) is 6.42 Å². The quantitative estimate of drug-likeness (QED) is 0.456. The standard InChI is InChI=1S/C9H15NO6/c1-2-3-6(12)10-8(9(15)16)5(11)4-7(13)14/h5,8,11H,2-4H2,1H3,(H,10,12)(H,13,14)(H,15,16). The molecule has 1 amide bonds. The Morgan fingerprint density at radius 2 is 1.81 bits per heavy atom. The minimum absolute atomic E-state index is 0.129. The number of aliphatic hydroxyl groups excluding tert-OH is 1. The van der Waals surface area contributed by atoms with Gasteiger partial charge in [0, 0.05) is 6.42 Å². The molecule has 16 heavy (non-hydrogen) atoms. The van der Waals surface area contributed by atoms with Crippen molar-refractivity contribution in [1.29, 1.82) is 0 Å². The lowest BCUT2D eigenvalue weighted by molar-refractivity contribution is -0.147. The predicted octanol–water partition coefficient (Wildman–Crippen LogP) is -0.808. The van der Waals surface area contributed by atoms with Gasteiger partial charge in [-0.15, -0.1) is 0 Å². The van der Waals surface area contributed by atoms with Crippen LogP contribution in [0.15, 0.2) is 0 Å². The van der Waals surface area contributed by atoms with E-state index >= 15 is 0 Å². The van der Waals surface area contributed by atoms with Crippen molar-refractivity contribution in [2.75, 3.05) is 0 Å². The number of rotatable bonds is 7. The highest BCUT2D eigenvalue weighted by Crippen LogP contribution is 2.01. The SMILES string of the molecule is CCCC(=O)NC(C(=O)O)C(O)CC(=O)O. The van der Waals surface area contributed by atoms with Crippen molar-refractivity contribution in [2.45, 2.75) is 38.3 Å². The fourth-order valence-electron chi connectivity index (χ4n) is 1.09. The Morgan fingerprint density at radius 3 is 2.19 bits per heavy atom. The van der Waals surface area contributed by atoms with Crippen molar-refractivity contribution in [3.63, 3.8) is 0 Å². The number of aliphatic carboxylic acids is 2. The first kappa shape index (κ1) is 14.4. The summed E-state index contributed by atoms with van der Waals surface area (Å²) >= 11 is 0. The second-order valence-corrected chi connectivity index (χ2v) is 3.30. The highest BCUT2D eigenvalue weighted by molar-refractivity contribution is 5.84. The van der Waals surface area contributed by atoms with Gasteiger partial charge in [-0.05, 0) is 6.42 Å². The number of carbonyl (C=O) groups is 3. The van der Waals surface area contributed by atoms with E-state index in [1.165, 1.54) is 0 Å². The van der Waals surface area contributed by atoms with Crippen LogP contribution in [0.2, 0.25) is 0 Å². The molecule has 2 unspecified atom stereocenters. The number of nitrogens with one attached hydrogen (secondary N) is 1. The summed E-state index contributed by atoms with van der Waals surface area (Å²) in [6.07, 6.45) is -1.71. The Kier molecular flexibility index (Phi) is 6.09. The average Bonchev–Trinajstić information content (AvgIpc) is 2.12. The normalized spacial score (nSPS) is 13.9. The molecule has 0 bridgehead atoms. The molecular formula is C9H15NO6. The minimum atomic E-state index is -1.64. The van der Waals surface area contributed by atoms with E-state index in [0.29, 0.717) is 6.42 Å². The zero-order valence-electron chi connectivity index (χ0n) is 8.84. The second kappa shape index (κ2) is 6.78. The summed E-state index contributed by atoms with van der Waals surface area (Å²) in [4.78, 5) is 32.1. The molecule has 4 N–H and O–H groups in total. The van der Waals surface area contributed by atoms with Gasteiger partial charge in [0.2, 0.25) is 5.91 Å². The van der Waals surface area contributed by atoms with E-state index in [1.807, 2.05) is 0 Å². The van der Waals surface area contributed by atoms with Gasteiger partial charge in [0.05, 0.1) is 12.5 Å². The molecule has 0 aliphatic heterocycles. The summed E-state index contributed by atoms with van der Waals surface area (Å²) in [5.41, 5.74) is 0.